The predicted octanol–water partition coefficient (Wildman–Crippen LogP) is 5.64. The molecule has 0 aliphatic carbocycles. The number of sulfonamides is 1. The quantitative estimate of drug-likeness (QED) is 0.192. The molecular weight excluding hydrogens is 659 g/mol. The lowest BCUT2D eigenvalue weighted by Gasteiger charge is -2.41. The lowest BCUT2D eigenvalue weighted by Crippen LogP contribution is -2.59. The monoisotopic (exact) mass is 700 g/mol. The zero-order chi connectivity index (χ0) is 34.3. The second kappa shape index (κ2) is 16.2. The van der Waals surface area contributed by atoms with Crippen molar-refractivity contribution in [3.63, 3.8) is 0 Å². The van der Waals surface area contributed by atoms with E-state index in [1.165, 1.54) is 12.1 Å². The first-order chi connectivity index (χ1) is 23.1. The van der Waals surface area contributed by atoms with Crippen LogP contribution in [0.25, 0.3) is 0 Å². The van der Waals surface area contributed by atoms with E-state index in [1.54, 1.807) is 65.0 Å². The normalized spacial score (nSPS) is 20.5. The SMILES string of the molecule is CC[C@@H]1CNC[C@H](CCc2c(F)cccc2NC(=O)[C@@H](NC(=O)O)[C@@H](c2ccc(Cl)cc2)C2CCOCC2)N1S(=O)(=O)c1ccccc1. The summed E-state index contributed by atoms with van der Waals surface area (Å²) >= 11 is 6.15. The van der Waals surface area contributed by atoms with Crippen molar-refractivity contribution < 1.29 is 32.2 Å². The van der Waals surface area contributed by atoms with E-state index in [1.807, 2.05) is 6.92 Å². The number of carbonyl (C=O) groups is 2. The topological polar surface area (TPSA) is 137 Å². The van der Waals surface area contributed by atoms with Gasteiger partial charge in [-0.15, -0.1) is 0 Å². The van der Waals surface area contributed by atoms with Crippen molar-refractivity contribution in [2.45, 2.75) is 68.0 Å². The van der Waals surface area contributed by atoms with Gasteiger partial charge in [-0.2, -0.15) is 4.31 Å². The number of halogens is 2. The van der Waals surface area contributed by atoms with E-state index in [2.05, 4.69) is 16.0 Å². The first-order valence-corrected chi connectivity index (χ1v) is 18.1. The van der Waals surface area contributed by atoms with Gasteiger partial charge >= 0.3 is 6.09 Å². The maximum atomic E-state index is 15.5. The summed E-state index contributed by atoms with van der Waals surface area (Å²) in [4.78, 5) is 26.3. The highest BCUT2D eigenvalue weighted by molar-refractivity contribution is 7.89. The molecule has 0 unspecified atom stereocenters. The van der Waals surface area contributed by atoms with Crippen molar-refractivity contribution in [3.05, 3.63) is 94.8 Å². The lowest BCUT2D eigenvalue weighted by atomic mass is 9.76. The molecule has 258 valence electrons. The number of nitrogens with one attached hydrogen (secondary N) is 3. The Balaban J connectivity index is 1.42. The van der Waals surface area contributed by atoms with Gasteiger partial charge in [0, 0.05) is 60.6 Å². The van der Waals surface area contributed by atoms with Crippen molar-refractivity contribution in [2.75, 3.05) is 31.6 Å². The molecule has 2 amide bonds. The lowest BCUT2D eigenvalue weighted by molar-refractivity contribution is -0.119. The summed E-state index contributed by atoms with van der Waals surface area (Å²) in [6.45, 7) is 3.79. The van der Waals surface area contributed by atoms with E-state index in [0.29, 0.717) is 50.6 Å². The molecule has 2 aliphatic heterocycles. The molecule has 2 saturated heterocycles. The van der Waals surface area contributed by atoms with Crippen LogP contribution in [0.5, 0.6) is 0 Å². The van der Waals surface area contributed by atoms with E-state index in [-0.39, 0.29) is 40.9 Å². The maximum Gasteiger partial charge on any atom is 0.405 e. The third-order valence-electron chi connectivity index (χ3n) is 9.32. The van der Waals surface area contributed by atoms with E-state index >= 15 is 4.39 Å². The van der Waals surface area contributed by atoms with E-state index in [0.717, 1.165) is 5.56 Å². The molecule has 10 nitrogen and oxygen atoms in total. The molecule has 0 radical (unpaired) electrons. The van der Waals surface area contributed by atoms with Crippen LogP contribution < -0.4 is 16.0 Å². The van der Waals surface area contributed by atoms with E-state index in [4.69, 9.17) is 16.3 Å². The third kappa shape index (κ3) is 8.35. The first kappa shape index (κ1) is 35.7. The molecule has 3 aromatic carbocycles. The number of rotatable bonds is 12. The number of benzene rings is 3. The molecule has 2 fully saturated rings. The van der Waals surface area contributed by atoms with Crippen molar-refractivity contribution in [1.29, 1.82) is 0 Å². The zero-order valence-corrected chi connectivity index (χ0v) is 28.4. The fraction of sp³-hybridized carbons (Fsp3) is 0.429. The summed E-state index contributed by atoms with van der Waals surface area (Å²) in [6.07, 6.45) is 0.891. The van der Waals surface area contributed by atoms with Gasteiger partial charge in [0.05, 0.1) is 4.90 Å². The molecule has 2 heterocycles. The average molecular weight is 701 g/mol. The summed E-state index contributed by atoms with van der Waals surface area (Å²) in [6, 6.07) is 17.6. The van der Waals surface area contributed by atoms with Gasteiger partial charge in [0.15, 0.2) is 0 Å². The first-order valence-electron chi connectivity index (χ1n) is 16.3. The molecule has 4 atom stereocenters. The standard InChI is InChI=1S/C35H42ClFN4O6S/c1-2-26-21-38-22-27(41(26)48(45,46)28-7-4-3-5-8-28)15-16-29-30(37)9-6-10-31(29)39-34(42)33(40-35(43)44)32(24-17-19-47-20-18-24)23-11-13-25(36)14-12-23/h3-14,24,26-27,32-33,38,40H,2,15-22H2,1H3,(H,39,42)(H,43,44)/t26-,27+,32+,33+/m1/s1. The number of nitrogens with zero attached hydrogens (tertiary/aromatic N) is 1. The molecule has 5 rings (SSSR count). The van der Waals surface area contributed by atoms with E-state index < -0.39 is 45.8 Å². The molecule has 0 spiro atoms. The summed E-state index contributed by atoms with van der Waals surface area (Å²) in [5, 5.41) is 18.9. The largest absolute Gasteiger partial charge is 0.465 e. The number of carbonyl (C=O) groups excluding carboxylic acids is 1. The highest BCUT2D eigenvalue weighted by Gasteiger charge is 2.40. The van der Waals surface area contributed by atoms with Gasteiger partial charge in [0.1, 0.15) is 11.9 Å². The second-order valence-corrected chi connectivity index (χ2v) is 14.5. The molecule has 48 heavy (non-hydrogen) atoms. The Morgan fingerprint density at radius 1 is 1.02 bits per heavy atom. The second-order valence-electron chi connectivity index (χ2n) is 12.3. The van der Waals surface area contributed by atoms with Crippen LogP contribution in [0.2, 0.25) is 5.02 Å². The Morgan fingerprint density at radius 3 is 2.38 bits per heavy atom. The number of ether oxygens (including phenoxy) is 1. The molecule has 0 aromatic heterocycles. The number of hydrogen-bond acceptors (Lipinski definition) is 6. The van der Waals surface area contributed by atoms with Crippen LogP contribution in [0.4, 0.5) is 14.9 Å². The highest BCUT2D eigenvalue weighted by Crippen LogP contribution is 2.36. The van der Waals surface area contributed by atoms with Gasteiger partial charge in [0.2, 0.25) is 15.9 Å². The van der Waals surface area contributed by atoms with Crippen molar-refractivity contribution >= 4 is 39.3 Å². The Morgan fingerprint density at radius 2 is 1.71 bits per heavy atom. The van der Waals surface area contributed by atoms with Crippen LogP contribution in [0.15, 0.2) is 77.7 Å². The number of carboxylic acid groups (broad SMARTS) is 1. The van der Waals surface area contributed by atoms with Gasteiger partial charge in [0.25, 0.3) is 0 Å². The van der Waals surface area contributed by atoms with Crippen molar-refractivity contribution in [3.8, 4) is 0 Å². The Kier molecular flexibility index (Phi) is 12.1. The molecule has 0 bridgehead atoms. The predicted molar refractivity (Wildman–Crippen MR) is 182 cm³/mol. The zero-order valence-electron chi connectivity index (χ0n) is 26.8. The van der Waals surface area contributed by atoms with Gasteiger partial charge in [-0.3, -0.25) is 4.79 Å². The fourth-order valence-corrected chi connectivity index (χ4v) is 9.01. The van der Waals surface area contributed by atoms with Crippen LogP contribution in [-0.2, 0) is 26.0 Å². The number of amides is 2. The summed E-state index contributed by atoms with van der Waals surface area (Å²) < 4.78 is 50.3. The van der Waals surface area contributed by atoms with Crippen LogP contribution in [-0.4, -0.2) is 74.3 Å². The number of hydrogen-bond donors (Lipinski definition) is 4. The summed E-state index contributed by atoms with van der Waals surface area (Å²) in [5.74, 6) is -1.80. The van der Waals surface area contributed by atoms with Crippen LogP contribution in [0.1, 0.15) is 49.7 Å². The number of anilines is 1. The van der Waals surface area contributed by atoms with Crippen molar-refractivity contribution in [1.82, 2.24) is 14.9 Å². The molecular formula is C35H42ClFN4O6S. The van der Waals surface area contributed by atoms with E-state index in [9.17, 15) is 23.1 Å². The molecule has 13 heteroatoms. The Labute approximate surface area is 286 Å². The van der Waals surface area contributed by atoms with Crippen molar-refractivity contribution in [2.24, 2.45) is 5.92 Å². The minimum Gasteiger partial charge on any atom is -0.465 e. The van der Waals surface area contributed by atoms with Gasteiger partial charge in [-0.05, 0) is 80.0 Å². The number of piperazine rings is 1. The van der Waals surface area contributed by atoms with Gasteiger partial charge < -0.3 is 25.8 Å². The molecule has 0 saturated carbocycles. The average Bonchev–Trinajstić information content (AvgIpc) is 3.09. The smallest absolute Gasteiger partial charge is 0.405 e. The van der Waals surface area contributed by atoms with Gasteiger partial charge in [-0.25, -0.2) is 17.6 Å². The third-order valence-corrected chi connectivity index (χ3v) is 11.6. The minimum atomic E-state index is -3.84. The summed E-state index contributed by atoms with van der Waals surface area (Å²) in [7, 11) is -3.84. The van der Waals surface area contributed by atoms with Crippen LogP contribution in [0.3, 0.4) is 0 Å². The Bertz CT molecular complexity index is 1660. The molecule has 3 aromatic rings. The molecule has 4 N–H and O–H groups in total. The maximum absolute atomic E-state index is 15.5. The highest BCUT2D eigenvalue weighted by atomic mass is 35.5. The van der Waals surface area contributed by atoms with Crippen LogP contribution >= 0.6 is 11.6 Å². The Hall–Kier alpha value is -3.55. The van der Waals surface area contributed by atoms with Gasteiger partial charge in [-0.1, -0.05) is 54.9 Å². The van der Waals surface area contributed by atoms with Crippen LogP contribution in [0, 0.1) is 11.7 Å². The minimum absolute atomic E-state index is 0.0719. The molecule has 2 aliphatic rings. The fourth-order valence-electron chi connectivity index (χ4n) is 6.95. The summed E-state index contributed by atoms with van der Waals surface area (Å²) in [5.41, 5.74) is 1.16.